The molecule has 1 unspecified atom stereocenters. The van der Waals surface area contributed by atoms with Crippen molar-refractivity contribution in [1.29, 1.82) is 0 Å². The van der Waals surface area contributed by atoms with E-state index in [9.17, 15) is 9.59 Å². The van der Waals surface area contributed by atoms with E-state index in [2.05, 4.69) is 22.6 Å². The molecule has 1 aliphatic carbocycles. The smallest absolute Gasteiger partial charge is 0.227 e. The monoisotopic (exact) mass is 371 g/mol. The number of benzene rings is 1. The molecular weight excluding hydrogens is 338 g/mol. The van der Waals surface area contributed by atoms with Crippen LogP contribution in [0, 0.1) is 5.92 Å². The molecule has 3 rings (SSSR count). The Bertz CT molecular complexity index is 640. The fourth-order valence-electron chi connectivity index (χ4n) is 4.30. The normalized spacial score (nSPS) is 20.2. The quantitative estimate of drug-likeness (QED) is 0.689. The Morgan fingerprint density at radius 1 is 1.22 bits per heavy atom. The molecule has 1 heterocycles. The Morgan fingerprint density at radius 3 is 2.81 bits per heavy atom. The van der Waals surface area contributed by atoms with E-state index < -0.39 is 0 Å². The molecule has 1 aromatic carbocycles. The Kier molecular flexibility index (Phi) is 7.27. The first-order valence-electron chi connectivity index (χ1n) is 10.5. The Morgan fingerprint density at radius 2 is 2.00 bits per heavy atom. The van der Waals surface area contributed by atoms with Crippen molar-refractivity contribution in [3.05, 3.63) is 29.8 Å². The maximum Gasteiger partial charge on any atom is 0.227 e. The number of hydrogen-bond acceptors (Lipinski definition) is 3. The summed E-state index contributed by atoms with van der Waals surface area (Å²) in [4.78, 5) is 26.8. The molecule has 1 aromatic rings. The van der Waals surface area contributed by atoms with Crippen LogP contribution in [0.15, 0.2) is 24.3 Å². The van der Waals surface area contributed by atoms with Gasteiger partial charge in [-0.15, -0.1) is 0 Å². The van der Waals surface area contributed by atoms with Gasteiger partial charge in [-0.1, -0.05) is 37.5 Å². The minimum Gasteiger partial charge on any atom is -0.356 e. The van der Waals surface area contributed by atoms with Crippen molar-refractivity contribution in [1.82, 2.24) is 10.2 Å². The highest BCUT2D eigenvalue weighted by Crippen LogP contribution is 2.27. The van der Waals surface area contributed by atoms with Crippen molar-refractivity contribution in [3.8, 4) is 0 Å². The van der Waals surface area contributed by atoms with Gasteiger partial charge >= 0.3 is 0 Å². The highest BCUT2D eigenvalue weighted by molar-refractivity contribution is 5.96. The lowest BCUT2D eigenvalue weighted by Crippen LogP contribution is -2.36. The van der Waals surface area contributed by atoms with Crippen LogP contribution in [0.25, 0.3) is 0 Å². The molecule has 27 heavy (non-hydrogen) atoms. The van der Waals surface area contributed by atoms with Crippen LogP contribution in [-0.2, 0) is 16.0 Å². The summed E-state index contributed by atoms with van der Waals surface area (Å²) >= 11 is 0. The van der Waals surface area contributed by atoms with Crippen LogP contribution in [0.4, 0.5) is 5.69 Å². The van der Waals surface area contributed by atoms with Gasteiger partial charge in [0, 0.05) is 30.6 Å². The highest BCUT2D eigenvalue weighted by atomic mass is 16.2. The average Bonchev–Trinajstić information content (AvgIpc) is 2.70. The van der Waals surface area contributed by atoms with Gasteiger partial charge in [0.05, 0.1) is 0 Å². The fraction of sp³-hybridized carbons (Fsp3) is 0.636. The summed E-state index contributed by atoms with van der Waals surface area (Å²) in [5.41, 5.74) is 2.07. The summed E-state index contributed by atoms with van der Waals surface area (Å²) in [6.07, 6.45) is 9.44. The third kappa shape index (κ3) is 5.80. The van der Waals surface area contributed by atoms with Crippen molar-refractivity contribution >= 4 is 17.5 Å². The Labute approximate surface area is 162 Å². The van der Waals surface area contributed by atoms with Crippen LogP contribution >= 0.6 is 0 Å². The predicted molar refractivity (Wildman–Crippen MR) is 109 cm³/mol. The van der Waals surface area contributed by atoms with Gasteiger partial charge in [0.2, 0.25) is 11.8 Å². The summed E-state index contributed by atoms with van der Waals surface area (Å²) in [5, 5.41) is 5.97. The molecule has 2 aliphatic rings. The number of fused-ring (bicyclic) bond motifs is 1. The number of rotatable bonds is 8. The van der Waals surface area contributed by atoms with Crippen LogP contribution < -0.4 is 10.6 Å². The van der Waals surface area contributed by atoms with Crippen molar-refractivity contribution in [2.45, 2.75) is 63.8 Å². The van der Waals surface area contributed by atoms with Gasteiger partial charge in [-0.25, -0.2) is 0 Å². The van der Waals surface area contributed by atoms with Gasteiger partial charge in [0.1, 0.15) is 0 Å². The summed E-state index contributed by atoms with van der Waals surface area (Å²) in [6, 6.07) is 8.62. The van der Waals surface area contributed by atoms with E-state index in [1.54, 1.807) is 0 Å². The van der Waals surface area contributed by atoms with Crippen molar-refractivity contribution in [2.24, 2.45) is 5.92 Å². The molecule has 0 spiro atoms. The van der Waals surface area contributed by atoms with Crippen LogP contribution in [0.5, 0.6) is 0 Å². The van der Waals surface area contributed by atoms with Gasteiger partial charge in [0.15, 0.2) is 0 Å². The van der Waals surface area contributed by atoms with Gasteiger partial charge < -0.3 is 15.5 Å². The molecule has 148 valence electrons. The summed E-state index contributed by atoms with van der Waals surface area (Å²) in [5.74, 6) is -0.0133. The highest BCUT2D eigenvalue weighted by Gasteiger charge is 2.26. The zero-order chi connectivity index (χ0) is 19.1. The number of hydrogen-bond donors (Lipinski definition) is 2. The maximum absolute atomic E-state index is 12.2. The van der Waals surface area contributed by atoms with Gasteiger partial charge in [-0.05, 0) is 57.3 Å². The molecule has 2 N–H and O–H groups in total. The molecule has 1 saturated carbocycles. The van der Waals surface area contributed by atoms with E-state index in [4.69, 9.17) is 0 Å². The lowest BCUT2D eigenvalue weighted by Gasteiger charge is -2.31. The van der Waals surface area contributed by atoms with E-state index in [0.29, 0.717) is 12.8 Å². The third-order valence-electron chi connectivity index (χ3n) is 6.04. The lowest BCUT2D eigenvalue weighted by molar-refractivity contribution is -0.122. The van der Waals surface area contributed by atoms with E-state index in [1.807, 2.05) is 24.3 Å². The molecule has 1 aliphatic heterocycles. The first kappa shape index (κ1) is 19.9. The molecule has 5 nitrogen and oxygen atoms in total. The number of para-hydroxylation sites is 1. The third-order valence-corrected chi connectivity index (χ3v) is 6.04. The van der Waals surface area contributed by atoms with Gasteiger partial charge in [0.25, 0.3) is 0 Å². The predicted octanol–water partition coefficient (Wildman–Crippen LogP) is 3.35. The number of carbonyl (C=O) groups is 2. The molecule has 1 fully saturated rings. The standard InChI is InChI=1S/C22H33N3O2/c1-25(19-9-3-2-4-10-19)15-7-14-23-21(26)13-12-18-16-17-8-5-6-11-20(17)24-22(18)27/h5-6,8,11,18-19H,2-4,7,9-10,12-16H2,1H3,(H,23,26)(H,24,27). The number of nitrogens with one attached hydrogen (secondary N) is 2. The van der Waals surface area contributed by atoms with E-state index in [1.165, 1.54) is 32.1 Å². The van der Waals surface area contributed by atoms with E-state index >= 15 is 0 Å². The van der Waals surface area contributed by atoms with Crippen LogP contribution in [0.1, 0.15) is 56.9 Å². The minimum absolute atomic E-state index is 0.0376. The Hall–Kier alpha value is -1.88. The first-order valence-corrected chi connectivity index (χ1v) is 10.5. The van der Waals surface area contributed by atoms with Gasteiger partial charge in [-0.2, -0.15) is 0 Å². The van der Waals surface area contributed by atoms with E-state index in [0.717, 1.165) is 43.2 Å². The second kappa shape index (κ2) is 9.88. The SMILES string of the molecule is CN(CCCNC(=O)CCC1Cc2ccccc2NC1=O)C1CCCCC1. The van der Waals surface area contributed by atoms with E-state index in [-0.39, 0.29) is 17.7 Å². The summed E-state index contributed by atoms with van der Waals surface area (Å²) in [7, 11) is 2.21. The topological polar surface area (TPSA) is 61.4 Å². The molecule has 5 heteroatoms. The molecular formula is C22H33N3O2. The summed E-state index contributed by atoms with van der Waals surface area (Å²) < 4.78 is 0. The average molecular weight is 372 g/mol. The maximum atomic E-state index is 12.2. The minimum atomic E-state index is -0.108. The van der Waals surface area contributed by atoms with Crippen LogP contribution in [-0.4, -0.2) is 42.9 Å². The molecule has 0 radical (unpaired) electrons. The largest absolute Gasteiger partial charge is 0.356 e. The second-order valence-corrected chi connectivity index (χ2v) is 8.06. The summed E-state index contributed by atoms with van der Waals surface area (Å²) in [6.45, 7) is 1.75. The zero-order valence-electron chi connectivity index (χ0n) is 16.5. The van der Waals surface area contributed by atoms with Crippen molar-refractivity contribution < 1.29 is 9.59 Å². The van der Waals surface area contributed by atoms with Crippen molar-refractivity contribution in [3.63, 3.8) is 0 Å². The molecule has 0 aromatic heterocycles. The number of amides is 2. The number of nitrogens with zero attached hydrogens (tertiary/aromatic N) is 1. The molecule has 0 bridgehead atoms. The number of carbonyl (C=O) groups excluding carboxylic acids is 2. The van der Waals surface area contributed by atoms with Crippen molar-refractivity contribution in [2.75, 3.05) is 25.5 Å². The molecule has 1 atom stereocenters. The Balaban J connectivity index is 1.31. The number of anilines is 1. The van der Waals surface area contributed by atoms with Crippen LogP contribution in [0.3, 0.4) is 0 Å². The molecule has 0 saturated heterocycles. The first-order chi connectivity index (χ1) is 13.1. The fourth-order valence-corrected chi connectivity index (χ4v) is 4.30. The molecule has 2 amide bonds. The second-order valence-electron chi connectivity index (χ2n) is 8.06. The van der Waals surface area contributed by atoms with Crippen LogP contribution in [0.2, 0.25) is 0 Å². The zero-order valence-corrected chi connectivity index (χ0v) is 16.5. The lowest BCUT2D eigenvalue weighted by atomic mass is 9.89. The van der Waals surface area contributed by atoms with Gasteiger partial charge in [-0.3, -0.25) is 9.59 Å².